The Kier molecular flexibility index (Phi) is 10.1. The van der Waals surface area contributed by atoms with E-state index >= 15 is 0 Å². The van der Waals surface area contributed by atoms with Crippen molar-refractivity contribution in [2.24, 2.45) is 0 Å². The predicted molar refractivity (Wildman–Crippen MR) is 209 cm³/mol. The van der Waals surface area contributed by atoms with E-state index in [1.54, 1.807) is 50.6 Å². The van der Waals surface area contributed by atoms with E-state index in [0.29, 0.717) is 19.0 Å². The summed E-state index contributed by atoms with van der Waals surface area (Å²) in [4.78, 5) is 0. The maximum Gasteiger partial charge on any atom is 0.134 e. The van der Waals surface area contributed by atoms with Crippen LogP contribution >= 0.6 is 0 Å². The third-order valence-electron chi connectivity index (χ3n) is 10.3. The highest BCUT2D eigenvalue weighted by molar-refractivity contribution is 6.02. The van der Waals surface area contributed by atoms with Gasteiger partial charge >= 0.3 is 0 Å². The Hall–Kier alpha value is -6.54. The third-order valence-corrected chi connectivity index (χ3v) is 10.3. The third kappa shape index (κ3) is 6.98. The van der Waals surface area contributed by atoms with Gasteiger partial charge in [0.15, 0.2) is 0 Å². The van der Waals surface area contributed by atoms with Crippen LogP contribution in [0, 0.1) is 13.8 Å². The van der Waals surface area contributed by atoms with Crippen molar-refractivity contribution in [1.82, 2.24) is 0 Å². The molecular weight excluding hydrogens is 680 g/mol. The van der Waals surface area contributed by atoms with Gasteiger partial charge in [-0.15, -0.1) is 0 Å². The molecule has 2 aliphatic heterocycles. The first-order chi connectivity index (χ1) is 26.2. The molecule has 2 unspecified atom stereocenters. The van der Waals surface area contributed by atoms with Gasteiger partial charge in [0.2, 0.25) is 0 Å². The summed E-state index contributed by atoms with van der Waals surface area (Å²) >= 11 is 0. The van der Waals surface area contributed by atoms with Crippen LogP contribution in [0.1, 0.15) is 56.3 Å². The van der Waals surface area contributed by atoms with Crippen LogP contribution in [0.2, 0.25) is 0 Å². The fraction of sp³-hybridized carbons (Fsp3) is 0.174. The first kappa shape index (κ1) is 35.8. The number of methoxy groups -OCH3 is 2. The molecule has 8 heteroatoms. The van der Waals surface area contributed by atoms with E-state index in [4.69, 9.17) is 18.9 Å². The topological polar surface area (TPSA) is 118 Å². The summed E-state index contributed by atoms with van der Waals surface area (Å²) in [5.74, 6) is 4.16. The standard InChI is InChI=1S/C23H22O4.C23H20O4/c2*1-14-21(25)12-11-19-22(16-5-9-18(26-2)10-6-16)20(13-27-23(14)19)15-3-7-17(24)8-4-15/h3-12,20,22,24-25H,13H2,1-2H3;3-12,24-25H,13H2,1-2H3. The molecule has 54 heavy (non-hydrogen) atoms. The second kappa shape index (κ2) is 15.2. The van der Waals surface area contributed by atoms with Gasteiger partial charge in [0.05, 0.1) is 20.8 Å². The molecule has 0 saturated carbocycles. The highest BCUT2D eigenvalue weighted by atomic mass is 16.5. The van der Waals surface area contributed by atoms with Gasteiger partial charge in [0, 0.05) is 39.7 Å². The molecule has 2 heterocycles. The number of hydrogen-bond donors (Lipinski definition) is 4. The minimum atomic E-state index is 0.0727. The number of hydrogen-bond acceptors (Lipinski definition) is 8. The monoisotopic (exact) mass is 722 g/mol. The first-order valence-corrected chi connectivity index (χ1v) is 17.7. The number of rotatable bonds is 6. The molecule has 4 N–H and O–H groups in total. The lowest BCUT2D eigenvalue weighted by Crippen LogP contribution is -2.25. The number of benzene rings is 6. The number of phenolic OH excluding ortho intramolecular Hbond substituents is 4. The van der Waals surface area contributed by atoms with Crippen molar-refractivity contribution in [2.75, 3.05) is 27.4 Å². The Balaban J connectivity index is 0.000000167. The average Bonchev–Trinajstić information content (AvgIpc) is 3.21. The van der Waals surface area contributed by atoms with E-state index in [1.807, 2.05) is 86.6 Å². The molecule has 0 aromatic heterocycles. The number of aromatic hydroxyl groups is 4. The lowest BCUT2D eigenvalue weighted by atomic mass is 9.75. The molecule has 0 radical (unpaired) electrons. The van der Waals surface area contributed by atoms with Crippen molar-refractivity contribution in [1.29, 1.82) is 0 Å². The van der Waals surface area contributed by atoms with Crippen LogP contribution in [0.5, 0.6) is 46.0 Å². The lowest BCUT2D eigenvalue weighted by molar-refractivity contribution is 0.245. The zero-order chi connectivity index (χ0) is 37.9. The van der Waals surface area contributed by atoms with E-state index in [1.165, 1.54) is 0 Å². The van der Waals surface area contributed by atoms with E-state index < -0.39 is 0 Å². The zero-order valence-electron chi connectivity index (χ0n) is 30.5. The van der Waals surface area contributed by atoms with Gasteiger partial charge in [-0.05, 0) is 108 Å². The Bertz CT molecular complexity index is 2290. The van der Waals surface area contributed by atoms with Crippen molar-refractivity contribution in [2.45, 2.75) is 25.7 Å². The summed E-state index contributed by atoms with van der Waals surface area (Å²) in [6.07, 6.45) is 0. The first-order valence-electron chi connectivity index (χ1n) is 17.7. The summed E-state index contributed by atoms with van der Waals surface area (Å²) in [7, 11) is 3.30. The average molecular weight is 723 g/mol. The van der Waals surface area contributed by atoms with Crippen molar-refractivity contribution in [3.63, 3.8) is 0 Å². The van der Waals surface area contributed by atoms with Gasteiger partial charge in [-0.1, -0.05) is 54.6 Å². The van der Waals surface area contributed by atoms with E-state index in [-0.39, 0.29) is 34.8 Å². The fourth-order valence-corrected chi connectivity index (χ4v) is 7.28. The van der Waals surface area contributed by atoms with Crippen molar-refractivity contribution in [3.05, 3.63) is 166 Å². The number of fused-ring (bicyclic) bond motifs is 2. The maximum absolute atomic E-state index is 10.1. The molecule has 0 amide bonds. The van der Waals surface area contributed by atoms with Crippen LogP contribution in [0.3, 0.4) is 0 Å². The minimum Gasteiger partial charge on any atom is -0.508 e. The molecule has 0 spiro atoms. The van der Waals surface area contributed by atoms with Crippen LogP contribution in [-0.4, -0.2) is 47.9 Å². The Morgan fingerprint density at radius 1 is 0.537 bits per heavy atom. The van der Waals surface area contributed by atoms with E-state index in [0.717, 1.165) is 72.9 Å². The summed E-state index contributed by atoms with van der Waals surface area (Å²) < 4.78 is 22.7. The second-order valence-corrected chi connectivity index (χ2v) is 13.4. The van der Waals surface area contributed by atoms with Gasteiger partial charge in [0.1, 0.15) is 52.6 Å². The fourth-order valence-electron chi connectivity index (χ4n) is 7.28. The van der Waals surface area contributed by atoms with Crippen LogP contribution in [-0.2, 0) is 0 Å². The molecule has 6 aromatic carbocycles. The maximum atomic E-state index is 10.1. The van der Waals surface area contributed by atoms with Crippen molar-refractivity contribution >= 4 is 11.1 Å². The molecule has 0 aliphatic carbocycles. The SMILES string of the molecule is COc1ccc(C2=C(c3ccc(O)cc3)COc3c2ccc(O)c3C)cc1.COc1ccc(C2c3ccc(O)c(C)c3OCC2c2ccc(O)cc2)cc1. The van der Waals surface area contributed by atoms with Gasteiger partial charge < -0.3 is 39.4 Å². The summed E-state index contributed by atoms with van der Waals surface area (Å²) in [6, 6.07) is 37.6. The Morgan fingerprint density at radius 2 is 1.06 bits per heavy atom. The van der Waals surface area contributed by atoms with Crippen molar-refractivity contribution in [3.8, 4) is 46.0 Å². The molecule has 0 bridgehead atoms. The highest BCUT2D eigenvalue weighted by Gasteiger charge is 2.35. The number of phenols is 4. The van der Waals surface area contributed by atoms with Crippen LogP contribution < -0.4 is 18.9 Å². The minimum absolute atomic E-state index is 0.0727. The molecule has 2 atom stereocenters. The largest absolute Gasteiger partial charge is 0.508 e. The molecule has 0 saturated heterocycles. The Labute approximate surface area is 314 Å². The number of ether oxygens (including phenoxy) is 4. The van der Waals surface area contributed by atoms with Gasteiger partial charge in [-0.3, -0.25) is 0 Å². The van der Waals surface area contributed by atoms with Gasteiger partial charge in [-0.2, -0.15) is 0 Å². The van der Waals surface area contributed by atoms with Crippen molar-refractivity contribution < 1.29 is 39.4 Å². The van der Waals surface area contributed by atoms with Crippen LogP contribution in [0.15, 0.2) is 121 Å². The lowest BCUT2D eigenvalue weighted by Gasteiger charge is -2.35. The summed E-state index contributed by atoms with van der Waals surface area (Å²) in [6.45, 7) is 4.60. The van der Waals surface area contributed by atoms with Crippen LogP contribution in [0.4, 0.5) is 0 Å². The van der Waals surface area contributed by atoms with E-state index in [2.05, 4.69) is 12.1 Å². The second-order valence-electron chi connectivity index (χ2n) is 13.4. The van der Waals surface area contributed by atoms with E-state index in [9.17, 15) is 20.4 Å². The van der Waals surface area contributed by atoms with Gasteiger partial charge in [-0.25, -0.2) is 0 Å². The summed E-state index contributed by atoms with van der Waals surface area (Å²) in [5, 5.41) is 39.4. The quantitative estimate of drug-likeness (QED) is 0.134. The molecular formula is C46H42O8. The summed E-state index contributed by atoms with van der Waals surface area (Å²) in [5.41, 5.74) is 9.82. The molecule has 8 rings (SSSR count). The molecule has 6 aromatic rings. The normalized spacial score (nSPS) is 15.8. The van der Waals surface area contributed by atoms with Crippen LogP contribution in [0.25, 0.3) is 11.1 Å². The predicted octanol–water partition coefficient (Wildman–Crippen LogP) is 9.49. The molecule has 0 fully saturated rings. The smallest absolute Gasteiger partial charge is 0.134 e. The zero-order valence-corrected chi connectivity index (χ0v) is 30.5. The molecule has 2 aliphatic rings. The molecule has 274 valence electrons. The Morgan fingerprint density at radius 3 is 1.67 bits per heavy atom. The highest BCUT2D eigenvalue weighted by Crippen LogP contribution is 2.49. The van der Waals surface area contributed by atoms with Gasteiger partial charge in [0.25, 0.3) is 0 Å². The molecule has 8 nitrogen and oxygen atoms in total.